The van der Waals surface area contributed by atoms with Crippen molar-refractivity contribution in [2.24, 2.45) is 0 Å². The fourth-order valence-corrected chi connectivity index (χ4v) is 2.89. The van der Waals surface area contributed by atoms with E-state index in [1.165, 1.54) is 0 Å². The Balaban J connectivity index is 1.60. The predicted octanol–water partition coefficient (Wildman–Crippen LogP) is 5.11. The zero-order valence-electron chi connectivity index (χ0n) is 14.5. The smallest absolute Gasteiger partial charge is 0.304 e. The molecule has 0 saturated heterocycles. The van der Waals surface area contributed by atoms with E-state index in [2.05, 4.69) is 15.7 Å². The zero-order valence-corrected chi connectivity index (χ0v) is 14.5. The van der Waals surface area contributed by atoms with E-state index >= 15 is 0 Å². The quantitative estimate of drug-likeness (QED) is 0.501. The Morgan fingerprint density at radius 2 is 1.37 bits per heavy atom. The third-order valence-electron chi connectivity index (χ3n) is 4.12. The number of benzene rings is 3. The van der Waals surface area contributed by atoms with Gasteiger partial charge in [-0.3, -0.25) is 9.99 Å². The first-order valence-corrected chi connectivity index (χ1v) is 8.63. The van der Waals surface area contributed by atoms with Gasteiger partial charge in [-0.15, -0.1) is 0 Å². The fourth-order valence-electron chi connectivity index (χ4n) is 2.89. The molecule has 132 valence electrons. The molecule has 0 fully saturated rings. The number of hydrogen-bond acceptors (Lipinski definition) is 3. The molecule has 5 heteroatoms. The van der Waals surface area contributed by atoms with Crippen LogP contribution in [0.2, 0.25) is 0 Å². The number of nitrogens with one attached hydrogen (secondary N) is 2. The molecule has 0 saturated carbocycles. The average Bonchev–Trinajstić information content (AvgIpc) is 2.73. The summed E-state index contributed by atoms with van der Waals surface area (Å²) in [6, 6.07) is 28.5. The van der Waals surface area contributed by atoms with Gasteiger partial charge in [0.1, 0.15) is 0 Å². The van der Waals surface area contributed by atoms with Gasteiger partial charge in [0.05, 0.1) is 22.6 Å². The molecule has 0 aliphatic heterocycles. The Labute approximate surface area is 157 Å². The number of urea groups is 1. The molecule has 2 amide bonds. The van der Waals surface area contributed by atoms with Crippen molar-refractivity contribution in [3.8, 4) is 0 Å². The standard InChI is InChI=1S/C22H18N4O/c27-22(24-20-15-7-9-17-10-8-16-23-21(17)20)25-26(18-11-3-1-4-12-18)19-13-5-2-6-14-19/h1-16H,(H2,24,25,27). The van der Waals surface area contributed by atoms with E-state index in [4.69, 9.17) is 0 Å². The van der Waals surface area contributed by atoms with Gasteiger partial charge in [-0.2, -0.15) is 0 Å². The number of aromatic nitrogens is 1. The minimum Gasteiger partial charge on any atom is -0.304 e. The molecule has 0 radical (unpaired) electrons. The van der Waals surface area contributed by atoms with E-state index in [0.29, 0.717) is 5.69 Å². The third-order valence-corrected chi connectivity index (χ3v) is 4.12. The lowest BCUT2D eigenvalue weighted by Gasteiger charge is -2.25. The lowest BCUT2D eigenvalue weighted by Crippen LogP contribution is -2.41. The van der Waals surface area contributed by atoms with Gasteiger partial charge in [-0.1, -0.05) is 54.6 Å². The van der Waals surface area contributed by atoms with Crippen molar-refractivity contribution in [1.82, 2.24) is 10.4 Å². The summed E-state index contributed by atoms with van der Waals surface area (Å²) in [5.41, 5.74) is 6.04. The number of carbonyl (C=O) groups excluding carboxylic acids is 1. The van der Waals surface area contributed by atoms with Crippen LogP contribution in [0.4, 0.5) is 21.9 Å². The van der Waals surface area contributed by atoms with Crippen LogP contribution in [0.5, 0.6) is 0 Å². The average molecular weight is 354 g/mol. The third kappa shape index (κ3) is 3.72. The lowest BCUT2D eigenvalue weighted by atomic mass is 10.2. The molecular formula is C22H18N4O. The van der Waals surface area contributed by atoms with Crippen LogP contribution in [-0.4, -0.2) is 11.0 Å². The Morgan fingerprint density at radius 3 is 2.04 bits per heavy atom. The molecule has 0 bridgehead atoms. The number of fused-ring (bicyclic) bond motifs is 1. The SMILES string of the molecule is O=C(Nc1cccc2cccnc12)NN(c1ccccc1)c1ccccc1. The Morgan fingerprint density at radius 1 is 0.741 bits per heavy atom. The lowest BCUT2D eigenvalue weighted by molar-refractivity contribution is 0.252. The number of amides is 2. The Kier molecular flexibility index (Phi) is 4.66. The number of hydrazine groups is 1. The van der Waals surface area contributed by atoms with E-state index in [-0.39, 0.29) is 6.03 Å². The van der Waals surface area contributed by atoms with Crippen molar-refractivity contribution >= 4 is 34.0 Å². The van der Waals surface area contributed by atoms with Gasteiger partial charge in [0.25, 0.3) is 0 Å². The van der Waals surface area contributed by atoms with Crippen LogP contribution in [0, 0.1) is 0 Å². The molecule has 0 spiro atoms. The normalized spacial score (nSPS) is 10.4. The van der Waals surface area contributed by atoms with Crippen LogP contribution >= 0.6 is 0 Å². The number of para-hydroxylation sites is 3. The van der Waals surface area contributed by atoms with E-state index in [1.807, 2.05) is 91.0 Å². The van der Waals surface area contributed by atoms with Gasteiger partial charge >= 0.3 is 6.03 Å². The number of pyridine rings is 1. The molecule has 0 aliphatic rings. The first-order chi connectivity index (χ1) is 13.3. The minimum atomic E-state index is -0.346. The van der Waals surface area contributed by atoms with Gasteiger partial charge < -0.3 is 5.32 Å². The summed E-state index contributed by atoms with van der Waals surface area (Å²) in [4.78, 5) is 17.1. The summed E-state index contributed by atoms with van der Waals surface area (Å²) in [5.74, 6) is 0. The van der Waals surface area contributed by atoms with Crippen LogP contribution in [-0.2, 0) is 0 Å². The molecule has 3 aromatic carbocycles. The highest BCUT2D eigenvalue weighted by Crippen LogP contribution is 2.24. The number of hydrogen-bond donors (Lipinski definition) is 2. The zero-order chi connectivity index (χ0) is 18.5. The van der Waals surface area contributed by atoms with Crippen molar-refractivity contribution in [2.45, 2.75) is 0 Å². The second kappa shape index (κ2) is 7.58. The molecule has 0 unspecified atom stereocenters. The van der Waals surface area contributed by atoms with Crippen LogP contribution in [0.15, 0.2) is 97.2 Å². The topological polar surface area (TPSA) is 57.3 Å². The highest BCUT2D eigenvalue weighted by atomic mass is 16.2. The highest BCUT2D eigenvalue weighted by molar-refractivity contribution is 6.00. The van der Waals surface area contributed by atoms with Crippen LogP contribution < -0.4 is 15.8 Å². The molecule has 27 heavy (non-hydrogen) atoms. The van der Waals surface area contributed by atoms with Crippen molar-refractivity contribution in [3.63, 3.8) is 0 Å². The van der Waals surface area contributed by atoms with Gasteiger partial charge in [-0.25, -0.2) is 10.2 Å². The van der Waals surface area contributed by atoms with Crippen molar-refractivity contribution < 1.29 is 4.79 Å². The number of rotatable bonds is 4. The minimum absolute atomic E-state index is 0.346. The molecule has 4 rings (SSSR count). The molecular weight excluding hydrogens is 336 g/mol. The van der Waals surface area contributed by atoms with Gasteiger partial charge in [-0.05, 0) is 36.4 Å². The maximum absolute atomic E-state index is 12.7. The van der Waals surface area contributed by atoms with Crippen LogP contribution in [0.25, 0.3) is 10.9 Å². The largest absolute Gasteiger partial charge is 0.338 e. The van der Waals surface area contributed by atoms with Crippen LogP contribution in [0.3, 0.4) is 0 Å². The molecule has 2 N–H and O–H groups in total. The molecule has 1 aromatic heterocycles. The van der Waals surface area contributed by atoms with Crippen molar-refractivity contribution in [2.75, 3.05) is 10.3 Å². The maximum atomic E-state index is 12.7. The summed E-state index contributed by atoms with van der Waals surface area (Å²) < 4.78 is 0. The summed E-state index contributed by atoms with van der Waals surface area (Å²) >= 11 is 0. The second-order valence-corrected chi connectivity index (χ2v) is 5.95. The van der Waals surface area contributed by atoms with E-state index in [0.717, 1.165) is 22.3 Å². The molecule has 5 nitrogen and oxygen atoms in total. The van der Waals surface area contributed by atoms with Crippen LogP contribution in [0.1, 0.15) is 0 Å². The monoisotopic (exact) mass is 354 g/mol. The molecule has 0 atom stereocenters. The maximum Gasteiger partial charge on any atom is 0.338 e. The molecule has 0 aliphatic carbocycles. The van der Waals surface area contributed by atoms with Crippen molar-refractivity contribution in [3.05, 3.63) is 97.2 Å². The second-order valence-electron chi connectivity index (χ2n) is 5.95. The van der Waals surface area contributed by atoms with Crippen molar-refractivity contribution in [1.29, 1.82) is 0 Å². The first-order valence-electron chi connectivity index (χ1n) is 8.63. The van der Waals surface area contributed by atoms with E-state index in [9.17, 15) is 4.79 Å². The predicted molar refractivity (Wildman–Crippen MR) is 109 cm³/mol. The van der Waals surface area contributed by atoms with Gasteiger partial charge in [0, 0.05) is 11.6 Å². The number of anilines is 3. The Hall–Kier alpha value is -3.86. The van der Waals surface area contributed by atoms with E-state index in [1.54, 1.807) is 11.2 Å². The van der Waals surface area contributed by atoms with E-state index < -0.39 is 0 Å². The summed E-state index contributed by atoms with van der Waals surface area (Å²) in [6.07, 6.45) is 1.71. The Bertz CT molecular complexity index is 1010. The fraction of sp³-hybridized carbons (Fsp3) is 0. The summed E-state index contributed by atoms with van der Waals surface area (Å²) in [7, 11) is 0. The van der Waals surface area contributed by atoms with Gasteiger partial charge in [0.2, 0.25) is 0 Å². The highest BCUT2D eigenvalue weighted by Gasteiger charge is 2.13. The molecule has 4 aromatic rings. The molecule has 1 heterocycles. The van der Waals surface area contributed by atoms with Gasteiger partial charge in [0.15, 0.2) is 0 Å². The summed E-state index contributed by atoms with van der Waals surface area (Å²) in [5, 5.41) is 5.62. The first kappa shape index (κ1) is 16.6. The number of nitrogens with zero attached hydrogens (tertiary/aromatic N) is 2. The summed E-state index contributed by atoms with van der Waals surface area (Å²) in [6.45, 7) is 0. The number of carbonyl (C=O) groups is 1.